The predicted molar refractivity (Wildman–Crippen MR) is 130 cm³/mol. The van der Waals surface area contributed by atoms with Crippen LogP contribution in [0, 0.1) is 27.7 Å². The van der Waals surface area contributed by atoms with Crippen LogP contribution in [0.3, 0.4) is 0 Å². The fourth-order valence-corrected chi connectivity index (χ4v) is 4.31. The van der Waals surface area contributed by atoms with Gasteiger partial charge in [-0.2, -0.15) is 0 Å². The first-order valence-electron chi connectivity index (χ1n) is 10.7. The van der Waals surface area contributed by atoms with Crippen LogP contribution in [0.2, 0.25) is 0 Å². The van der Waals surface area contributed by atoms with Gasteiger partial charge < -0.3 is 5.32 Å². The number of hydrogen-bond donors (Lipinski definition) is 1. The molecule has 0 aliphatic heterocycles. The lowest BCUT2D eigenvalue weighted by Gasteiger charge is -2.09. The summed E-state index contributed by atoms with van der Waals surface area (Å²) < 4.78 is 1.72. The molecule has 0 radical (unpaired) electrons. The van der Waals surface area contributed by atoms with Crippen LogP contribution in [0.4, 0.5) is 0 Å². The van der Waals surface area contributed by atoms with Crippen molar-refractivity contribution in [1.29, 1.82) is 0 Å². The molecule has 0 bridgehead atoms. The van der Waals surface area contributed by atoms with Gasteiger partial charge in [0.2, 0.25) is 0 Å². The van der Waals surface area contributed by atoms with Gasteiger partial charge in [0.05, 0.1) is 11.4 Å². The minimum absolute atomic E-state index is 0.258. The van der Waals surface area contributed by atoms with Crippen LogP contribution in [0.1, 0.15) is 44.3 Å². The molecular weight excluding hydrogens is 432 g/mol. The summed E-state index contributed by atoms with van der Waals surface area (Å²) in [5.74, 6) is 0.197. The van der Waals surface area contributed by atoms with E-state index in [1.54, 1.807) is 4.68 Å². The van der Waals surface area contributed by atoms with Crippen molar-refractivity contribution in [3.63, 3.8) is 0 Å². The molecule has 0 saturated carbocycles. The van der Waals surface area contributed by atoms with E-state index in [1.807, 2.05) is 82.3 Å². The zero-order valence-corrected chi connectivity index (χ0v) is 20.0. The fourth-order valence-electron chi connectivity index (χ4n) is 3.36. The van der Waals surface area contributed by atoms with Gasteiger partial charge >= 0.3 is 0 Å². The van der Waals surface area contributed by atoms with Crippen LogP contribution in [0.25, 0.3) is 5.69 Å². The van der Waals surface area contributed by atoms with Gasteiger partial charge in [-0.3, -0.25) is 4.79 Å². The number of nitrogens with zero attached hydrogens (tertiary/aromatic N) is 5. The highest BCUT2D eigenvalue weighted by atomic mass is 32.2. The predicted octanol–water partition coefficient (Wildman–Crippen LogP) is 4.51. The maximum Gasteiger partial charge on any atom is 0.274 e. The summed E-state index contributed by atoms with van der Waals surface area (Å²) in [6.45, 7) is 8.38. The largest absolute Gasteiger partial charge is 0.347 e. The van der Waals surface area contributed by atoms with E-state index in [0.717, 1.165) is 28.2 Å². The molecule has 2 aromatic heterocycles. The molecule has 0 spiro atoms. The molecule has 4 aromatic rings. The third kappa shape index (κ3) is 5.64. The number of hydrogen-bond acceptors (Lipinski definition) is 6. The lowest BCUT2D eigenvalue weighted by atomic mass is 10.1. The van der Waals surface area contributed by atoms with Crippen LogP contribution < -0.4 is 5.32 Å². The normalized spacial score (nSPS) is 10.9. The molecule has 33 heavy (non-hydrogen) atoms. The van der Waals surface area contributed by atoms with Crippen LogP contribution >= 0.6 is 11.8 Å². The van der Waals surface area contributed by atoms with E-state index in [0.29, 0.717) is 28.8 Å². The molecule has 168 valence electrons. The zero-order valence-electron chi connectivity index (χ0n) is 19.2. The molecule has 2 heterocycles. The van der Waals surface area contributed by atoms with E-state index in [4.69, 9.17) is 0 Å². The second-order valence-electron chi connectivity index (χ2n) is 8.02. The first kappa shape index (κ1) is 22.7. The van der Waals surface area contributed by atoms with Gasteiger partial charge in [0.15, 0.2) is 10.9 Å². The van der Waals surface area contributed by atoms with Crippen molar-refractivity contribution >= 4 is 17.7 Å². The Balaban J connectivity index is 1.60. The Morgan fingerprint density at radius 3 is 2.15 bits per heavy atom. The molecule has 4 rings (SSSR count). The number of nitrogens with one attached hydrogen (secondary N) is 1. The van der Waals surface area contributed by atoms with Gasteiger partial charge in [0, 0.05) is 23.7 Å². The number of aryl methyl sites for hydroxylation is 4. The quantitative estimate of drug-likeness (QED) is 0.324. The summed E-state index contributed by atoms with van der Waals surface area (Å²) in [6, 6.07) is 18.0. The van der Waals surface area contributed by atoms with Crippen molar-refractivity contribution in [1.82, 2.24) is 30.3 Å². The fraction of sp³-hybridized carbons (Fsp3) is 0.240. The molecule has 0 fully saturated rings. The van der Waals surface area contributed by atoms with E-state index < -0.39 is 0 Å². The van der Waals surface area contributed by atoms with Gasteiger partial charge in [-0.05, 0) is 51.5 Å². The van der Waals surface area contributed by atoms with Gasteiger partial charge in [-0.1, -0.05) is 64.5 Å². The summed E-state index contributed by atoms with van der Waals surface area (Å²) in [4.78, 5) is 22.1. The Bertz CT molecular complexity index is 1250. The van der Waals surface area contributed by atoms with E-state index in [1.165, 1.54) is 17.3 Å². The van der Waals surface area contributed by atoms with E-state index >= 15 is 0 Å². The Hall–Kier alpha value is -3.52. The highest BCUT2D eigenvalue weighted by molar-refractivity contribution is 7.98. The molecule has 7 nitrogen and oxygen atoms in total. The SMILES string of the molecule is Cc1ccc(CNC(=O)c2nnn(-c3ccc(C)cc3)c2CSc2nc(C)cc(C)n2)cc1. The summed E-state index contributed by atoms with van der Waals surface area (Å²) in [5, 5.41) is 12.2. The van der Waals surface area contributed by atoms with Crippen molar-refractivity contribution in [2.75, 3.05) is 0 Å². The maximum absolute atomic E-state index is 13.1. The molecule has 0 unspecified atom stereocenters. The smallest absolute Gasteiger partial charge is 0.274 e. The second-order valence-corrected chi connectivity index (χ2v) is 8.96. The van der Waals surface area contributed by atoms with Gasteiger partial charge in [-0.25, -0.2) is 14.6 Å². The summed E-state index contributed by atoms with van der Waals surface area (Å²) in [7, 11) is 0. The van der Waals surface area contributed by atoms with Crippen LogP contribution in [0.5, 0.6) is 0 Å². The lowest BCUT2D eigenvalue weighted by Crippen LogP contribution is -2.24. The summed E-state index contributed by atoms with van der Waals surface area (Å²) in [5.41, 5.74) is 7.03. The van der Waals surface area contributed by atoms with Crippen molar-refractivity contribution in [3.05, 3.63) is 94.1 Å². The molecule has 8 heteroatoms. The zero-order chi connectivity index (χ0) is 23.4. The number of benzene rings is 2. The highest BCUT2D eigenvalue weighted by Gasteiger charge is 2.21. The Morgan fingerprint density at radius 1 is 0.909 bits per heavy atom. The molecule has 1 amide bonds. The number of carbonyl (C=O) groups excluding carboxylic acids is 1. The van der Waals surface area contributed by atoms with Crippen molar-refractivity contribution in [2.24, 2.45) is 0 Å². The number of rotatable bonds is 7. The molecule has 0 aliphatic rings. The minimum atomic E-state index is -0.258. The molecule has 0 aliphatic carbocycles. The monoisotopic (exact) mass is 458 g/mol. The average Bonchev–Trinajstić information content (AvgIpc) is 3.21. The second kappa shape index (κ2) is 9.95. The number of thioether (sulfide) groups is 1. The molecule has 0 atom stereocenters. The third-order valence-electron chi connectivity index (χ3n) is 5.13. The van der Waals surface area contributed by atoms with E-state index in [9.17, 15) is 4.79 Å². The standard InChI is InChI=1S/C25H26N6OS/c1-16-5-9-20(10-6-16)14-26-24(32)23-22(15-33-25-27-18(3)13-19(4)28-25)31(30-29-23)21-11-7-17(2)8-12-21/h5-13H,14-15H2,1-4H3,(H,26,32). The maximum atomic E-state index is 13.1. The summed E-state index contributed by atoms with van der Waals surface area (Å²) >= 11 is 1.46. The van der Waals surface area contributed by atoms with Crippen LogP contribution in [-0.2, 0) is 12.3 Å². The van der Waals surface area contributed by atoms with Gasteiger partial charge in [0.25, 0.3) is 5.91 Å². The third-order valence-corrected chi connectivity index (χ3v) is 5.99. The number of aromatic nitrogens is 5. The highest BCUT2D eigenvalue weighted by Crippen LogP contribution is 2.24. The average molecular weight is 459 g/mol. The molecule has 1 N–H and O–H groups in total. The van der Waals surface area contributed by atoms with Crippen molar-refractivity contribution in [3.8, 4) is 5.69 Å². The Kier molecular flexibility index (Phi) is 6.84. The topological polar surface area (TPSA) is 85.6 Å². The summed E-state index contributed by atoms with van der Waals surface area (Å²) in [6.07, 6.45) is 0. The number of amides is 1. The number of carbonyl (C=O) groups is 1. The van der Waals surface area contributed by atoms with E-state index in [-0.39, 0.29) is 5.91 Å². The first-order chi connectivity index (χ1) is 15.9. The van der Waals surface area contributed by atoms with Crippen molar-refractivity contribution < 1.29 is 4.79 Å². The molecule has 0 saturated heterocycles. The Labute approximate surface area is 197 Å². The molecular formula is C25H26N6OS. The first-order valence-corrected chi connectivity index (χ1v) is 11.7. The van der Waals surface area contributed by atoms with Crippen molar-refractivity contribution in [2.45, 2.75) is 45.1 Å². The van der Waals surface area contributed by atoms with E-state index in [2.05, 4.69) is 25.6 Å². The molecule has 2 aromatic carbocycles. The van der Waals surface area contributed by atoms with Gasteiger partial charge in [-0.15, -0.1) is 5.10 Å². The van der Waals surface area contributed by atoms with Gasteiger partial charge in [0.1, 0.15) is 0 Å². The van der Waals surface area contributed by atoms with Crippen LogP contribution in [-0.4, -0.2) is 30.9 Å². The lowest BCUT2D eigenvalue weighted by molar-refractivity contribution is 0.0945. The van der Waals surface area contributed by atoms with Crippen LogP contribution in [0.15, 0.2) is 59.8 Å². The minimum Gasteiger partial charge on any atom is -0.347 e. The Morgan fingerprint density at radius 2 is 1.52 bits per heavy atom.